The van der Waals surface area contributed by atoms with Crippen molar-refractivity contribution >= 4 is 29.4 Å². The third-order valence-electron chi connectivity index (χ3n) is 2.54. The Labute approximate surface area is 124 Å². The largest absolute Gasteiger partial charge is 0.352 e. The molecule has 0 aromatic carbocycles. The van der Waals surface area contributed by atoms with Gasteiger partial charge in [0.2, 0.25) is 17.1 Å². The van der Waals surface area contributed by atoms with Crippen LogP contribution >= 0.6 is 11.6 Å². The van der Waals surface area contributed by atoms with Crippen LogP contribution in [0, 0.1) is 0 Å². The molecule has 2 N–H and O–H groups in total. The van der Waals surface area contributed by atoms with Gasteiger partial charge < -0.3 is 5.32 Å². The minimum absolute atomic E-state index is 0.0317. The van der Waals surface area contributed by atoms with Crippen LogP contribution in [0.2, 0.25) is 5.28 Å². The van der Waals surface area contributed by atoms with E-state index in [0.29, 0.717) is 11.9 Å². The van der Waals surface area contributed by atoms with Crippen molar-refractivity contribution in [2.75, 3.05) is 10.3 Å². The Morgan fingerprint density at radius 2 is 1.95 bits per heavy atom. The molecule has 1 amide bonds. The topological polar surface area (TPSA) is 83.0 Å². The molecule has 0 aliphatic rings. The lowest BCUT2D eigenvalue weighted by Crippen LogP contribution is -2.47. The van der Waals surface area contributed by atoms with Gasteiger partial charge >= 0.3 is 0 Å². The number of carbonyl (C=O) groups is 1. The fraction of sp³-hybridized carbons (Fsp3) is 0.667. The van der Waals surface area contributed by atoms with E-state index in [-0.39, 0.29) is 23.3 Å². The van der Waals surface area contributed by atoms with Crippen molar-refractivity contribution in [1.29, 1.82) is 0 Å². The third kappa shape index (κ3) is 4.80. The Hall–Kier alpha value is -1.63. The van der Waals surface area contributed by atoms with E-state index < -0.39 is 0 Å². The fourth-order valence-corrected chi connectivity index (χ4v) is 1.64. The van der Waals surface area contributed by atoms with Crippen molar-refractivity contribution in [1.82, 2.24) is 20.4 Å². The summed E-state index contributed by atoms with van der Waals surface area (Å²) in [5.74, 6) is 0.506. The van der Waals surface area contributed by atoms with Crippen LogP contribution < -0.4 is 15.8 Å². The average Bonchev–Trinajstić information content (AvgIpc) is 2.33. The lowest BCUT2D eigenvalue weighted by atomic mass is 10.2. The van der Waals surface area contributed by atoms with E-state index in [9.17, 15) is 4.79 Å². The summed E-state index contributed by atoms with van der Waals surface area (Å²) in [6.07, 6.45) is 0.816. The van der Waals surface area contributed by atoms with Gasteiger partial charge in [-0.3, -0.25) is 10.2 Å². The first kappa shape index (κ1) is 16.4. The van der Waals surface area contributed by atoms with Gasteiger partial charge in [-0.2, -0.15) is 15.0 Å². The van der Waals surface area contributed by atoms with Gasteiger partial charge in [-0.05, 0) is 38.8 Å². The number of nitrogens with one attached hydrogen (secondary N) is 2. The minimum Gasteiger partial charge on any atom is -0.352 e. The fourth-order valence-electron chi connectivity index (χ4n) is 1.48. The van der Waals surface area contributed by atoms with Crippen LogP contribution in [0.3, 0.4) is 0 Å². The zero-order valence-electron chi connectivity index (χ0n) is 12.4. The predicted molar refractivity (Wildman–Crippen MR) is 79.6 cm³/mol. The Kier molecular flexibility index (Phi) is 5.94. The van der Waals surface area contributed by atoms with E-state index in [0.717, 1.165) is 6.42 Å². The maximum Gasteiger partial charge on any atom is 0.250 e. The van der Waals surface area contributed by atoms with Gasteiger partial charge in [0.25, 0.3) is 5.95 Å². The molecular formula is C12H21ClN6O. The Morgan fingerprint density at radius 3 is 2.45 bits per heavy atom. The Balaban J connectivity index is 3.11. The summed E-state index contributed by atoms with van der Waals surface area (Å²) in [6.45, 7) is 9.35. The first-order valence-electron chi connectivity index (χ1n) is 6.58. The molecule has 0 saturated carbocycles. The first-order valence-corrected chi connectivity index (χ1v) is 6.95. The molecular weight excluding hydrogens is 280 g/mol. The summed E-state index contributed by atoms with van der Waals surface area (Å²) in [7, 11) is 0. The summed E-state index contributed by atoms with van der Waals surface area (Å²) in [5.41, 5.74) is 2.71. The molecule has 0 aliphatic heterocycles. The summed E-state index contributed by atoms with van der Waals surface area (Å²) >= 11 is 5.92. The molecule has 8 heteroatoms. The molecule has 1 heterocycles. The van der Waals surface area contributed by atoms with Crippen molar-refractivity contribution in [2.45, 2.75) is 53.1 Å². The van der Waals surface area contributed by atoms with Crippen LogP contribution in [0.15, 0.2) is 0 Å². The summed E-state index contributed by atoms with van der Waals surface area (Å²) in [6, 6.07) is 0.198. The molecule has 20 heavy (non-hydrogen) atoms. The van der Waals surface area contributed by atoms with E-state index in [1.165, 1.54) is 6.92 Å². The standard InChI is InChI=1S/C12H21ClN6O/c1-6-8(4)19(18-9(5)20)12-16-10(13)15-11(17-12)14-7(2)3/h7-8H,6H2,1-5H3,(H,18,20)(H,14,15,16,17)/t8-/m0/s1. The van der Waals surface area contributed by atoms with Crippen LogP contribution in [0.5, 0.6) is 0 Å². The van der Waals surface area contributed by atoms with E-state index >= 15 is 0 Å². The van der Waals surface area contributed by atoms with Crippen LogP contribution in [-0.4, -0.2) is 32.9 Å². The number of rotatable bonds is 6. The third-order valence-corrected chi connectivity index (χ3v) is 2.71. The number of hydrogen-bond donors (Lipinski definition) is 2. The highest BCUT2D eigenvalue weighted by molar-refractivity contribution is 6.28. The van der Waals surface area contributed by atoms with Crippen LogP contribution in [0.25, 0.3) is 0 Å². The zero-order chi connectivity index (χ0) is 15.3. The Bertz CT molecular complexity index is 467. The Morgan fingerprint density at radius 1 is 1.30 bits per heavy atom. The molecule has 1 aromatic rings. The number of nitrogens with zero attached hydrogens (tertiary/aromatic N) is 4. The predicted octanol–water partition coefficient (Wildman–Crippen LogP) is 2.00. The monoisotopic (exact) mass is 300 g/mol. The highest BCUT2D eigenvalue weighted by Crippen LogP contribution is 2.16. The summed E-state index contributed by atoms with van der Waals surface area (Å²) < 4.78 is 0. The van der Waals surface area contributed by atoms with E-state index in [1.54, 1.807) is 5.01 Å². The molecule has 112 valence electrons. The molecule has 0 spiro atoms. The highest BCUT2D eigenvalue weighted by Gasteiger charge is 2.19. The van der Waals surface area contributed by atoms with Gasteiger partial charge in [-0.25, -0.2) is 5.01 Å². The SMILES string of the molecule is CC[C@H](C)N(NC(C)=O)c1nc(Cl)nc(NC(C)C)n1. The van der Waals surface area contributed by atoms with Crippen LogP contribution in [0.1, 0.15) is 41.0 Å². The second kappa shape index (κ2) is 7.23. The summed E-state index contributed by atoms with van der Waals surface area (Å²) in [5, 5.41) is 4.74. The second-order valence-electron chi connectivity index (χ2n) is 4.82. The summed E-state index contributed by atoms with van der Waals surface area (Å²) in [4.78, 5) is 23.7. The van der Waals surface area contributed by atoms with Gasteiger partial charge in [-0.15, -0.1) is 0 Å². The van der Waals surface area contributed by atoms with Crippen molar-refractivity contribution < 1.29 is 4.79 Å². The zero-order valence-corrected chi connectivity index (χ0v) is 13.2. The van der Waals surface area contributed by atoms with Crippen molar-refractivity contribution in [3.05, 3.63) is 5.28 Å². The normalized spacial score (nSPS) is 12.2. The molecule has 0 unspecified atom stereocenters. The molecule has 1 atom stereocenters. The maximum absolute atomic E-state index is 11.3. The number of carbonyl (C=O) groups excluding carboxylic acids is 1. The van der Waals surface area contributed by atoms with Gasteiger partial charge in [0.05, 0.1) is 6.04 Å². The number of amides is 1. The smallest absolute Gasteiger partial charge is 0.250 e. The molecule has 0 saturated heterocycles. The van der Waals surface area contributed by atoms with Gasteiger partial charge in [0, 0.05) is 13.0 Å². The van der Waals surface area contributed by atoms with E-state index in [1.807, 2.05) is 27.7 Å². The first-order chi connectivity index (χ1) is 9.33. The molecule has 7 nitrogen and oxygen atoms in total. The second-order valence-corrected chi connectivity index (χ2v) is 5.16. The van der Waals surface area contributed by atoms with Crippen molar-refractivity contribution in [2.24, 2.45) is 0 Å². The van der Waals surface area contributed by atoms with Gasteiger partial charge in [-0.1, -0.05) is 6.92 Å². The van der Waals surface area contributed by atoms with Crippen molar-refractivity contribution in [3.63, 3.8) is 0 Å². The number of hydrazine groups is 1. The quantitative estimate of drug-likeness (QED) is 0.782. The average molecular weight is 301 g/mol. The van der Waals surface area contributed by atoms with Crippen LogP contribution in [0.4, 0.5) is 11.9 Å². The van der Waals surface area contributed by atoms with E-state index in [2.05, 4.69) is 25.7 Å². The van der Waals surface area contributed by atoms with Gasteiger partial charge in [0.1, 0.15) is 0 Å². The molecule has 1 rings (SSSR count). The minimum atomic E-state index is -0.194. The molecule has 0 aliphatic carbocycles. The number of halogens is 1. The van der Waals surface area contributed by atoms with E-state index in [4.69, 9.17) is 11.6 Å². The lowest BCUT2D eigenvalue weighted by Gasteiger charge is -2.28. The number of anilines is 2. The highest BCUT2D eigenvalue weighted by atomic mass is 35.5. The molecule has 0 bridgehead atoms. The number of aromatic nitrogens is 3. The number of hydrogen-bond acceptors (Lipinski definition) is 6. The lowest BCUT2D eigenvalue weighted by molar-refractivity contribution is -0.119. The van der Waals surface area contributed by atoms with Crippen LogP contribution in [-0.2, 0) is 4.79 Å². The van der Waals surface area contributed by atoms with Gasteiger partial charge in [0.15, 0.2) is 0 Å². The molecule has 1 aromatic heterocycles. The molecule has 0 fully saturated rings. The maximum atomic E-state index is 11.3. The molecule has 0 radical (unpaired) electrons. The van der Waals surface area contributed by atoms with Crippen molar-refractivity contribution in [3.8, 4) is 0 Å².